The Labute approximate surface area is 299 Å². The number of nitrogens with two attached hydrogens (primary N) is 8. The highest BCUT2D eigenvalue weighted by atomic mass is 16.8. The maximum Gasteiger partial charge on any atom is 0.187 e. The third-order valence-electron chi connectivity index (χ3n) is 9.92. The van der Waals surface area contributed by atoms with Crippen molar-refractivity contribution in [2.75, 3.05) is 19.7 Å². The lowest BCUT2D eigenvalue weighted by Crippen LogP contribution is -2.68. The van der Waals surface area contributed by atoms with E-state index in [9.17, 15) is 40.5 Å². The van der Waals surface area contributed by atoms with Crippen molar-refractivity contribution in [3.05, 3.63) is 0 Å². The molecule has 23 heteroatoms. The molecule has 3 heterocycles. The van der Waals surface area contributed by atoms with Gasteiger partial charge in [0.05, 0.1) is 36.9 Å². The summed E-state index contributed by atoms with van der Waals surface area (Å²) in [4.78, 5) is 16.7. The second-order valence-corrected chi connectivity index (χ2v) is 13.7. The van der Waals surface area contributed by atoms with E-state index in [4.69, 9.17) is 74.3 Å². The van der Waals surface area contributed by atoms with Gasteiger partial charge in [0.1, 0.15) is 61.0 Å². The van der Waals surface area contributed by atoms with Gasteiger partial charge in [0.25, 0.3) is 0 Å². The van der Waals surface area contributed by atoms with Crippen LogP contribution < -0.4 is 45.9 Å². The fourth-order valence-corrected chi connectivity index (χ4v) is 6.75. The average Bonchev–Trinajstić information content (AvgIpc) is 3.40. The highest BCUT2D eigenvalue weighted by Gasteiger charge is 2.54. The van der Waals surface area contributed by atoms with Crippen LogP contribution in [-0.2, 0) is 33.2 Å². The van der Waals surface area contributed by atoms with Crippen LogP contribution in [0.4, 0.5) is 0 Å². The van der Waals surface area contributed by atoms with Gasteiger partial charge in [-0.1, -0.05) is 0 Å². The van der Waals surface area contributed by atoms with Crippen molar-refractivity contribution in [2.45, 2.75) is 148 Å². The quantitative estimate of drug-likeness (QED) is 0.0419. The minimum Gasteiger partial charge on any atom is -0.394 e. The Morgan fingerprint density at radius 3 is 1.83 bits per heavy atom. The Morgan fingerprint density at radius 2 is 1.25 bits per heavy atom. The molecule has 4 aliphatic rings. The van der Waals surface area contributed by atoms with Crippen LogP contribution in [-0.4, -0.2) is 190 Å². The zero-order valence-electron chi connectivity index (χ0n) is 28.6. The highest BCUT2D eigenvalue weighted by molar-refractivity contribution is 5.84. The molecule has 0 spiro atoms. The fraction of sp³-hybridized carbons (Fsp3) is 0.931. The van der Waals surface area contributed by atoms with Gasteiger partial charge < -0.3 is 110 Å². The molecule has 20 atom stereocenters. The van der Waals surface area contributed by atoms with Gasteiger partial charge >= 0.3 is 0 Å². The number of Topliss-reactive ketones (excluding diaryl/α,β-unsaturated/α-hetero) is 1. The molecule has 0 aromatic rings. The first-order valence-corrected chi connectivity index (χ1v) is 17.2. The van der Waals surface area contributed by atoms with Gasteiger partial charge in [-0.2, -0.15) is 0 Å². The topological polar surface area (TPSA) is 435 Å². The monoisotopic (exact) mass is 755 g/mol. The Kier molecular flexibility index (Phi) is 15.4. The summed E-state index contributed by atoms with van der Waals surface area (Å²) in [5.41, 5.74) is 46.9. The first kappa shape index (κ1) is 42.9. The van der Waals surface area contributed by atoms with E-state index in [0.717, 1.165) is 0 Å². The summed E-state index contributed by atoms with van der Waals surface area (Å²) >= 11 is 0. The second kappa shape index (κ2) is 18.7. The first-order chi connectivity index (χ1) is 24.5. The molecular weight excluding hydrogens is 698 g/mol. The van der Waals surface area contributed by atoms with Crippen LogP contribution in [0.3, 0.4) is 0 Å². The number of carbonyl (C=O) groups excluding carboxylic acids is 1. The van der Waals surface area contributed by atoms with Crippen molar-refractivity contribution in [2.24, 2.45) is 50.9 Å². The first-order valence-electron chi connectivity index (χ1n) is 17.2. The molecule has 0 aromatic heterocycles. The lowest BCUT2D eigenvalue weighted by Gasteiger charge is -2.47. The Hall–Kier alpha value is -1.82. The van der Waals surface area contributed by atoms with Gasteiger partial charge in [0.2, 0.25) is 0 Å². The molecule has 1 saturated carbocycles. The second-order valence-electron chi connectivity index (χ2n) is 13.7. The number of aliphatic hydroxyl groups is 7. The van der Waals surface area contributed by atoms with Crippen molar-refractivity contribution in [1.82, 2.24) is 0 Å². The molecular formula is C29H57N9O14. The van der Waals surface area contributed by atoms with Crippen molar-refractivity contribution in [3.8, 4) is 0 Å². The highest BCUT2D eigenvalue weighted by Crippen LogP contribution is 2.34. The lowest BCUT2D eigenvalue weighted by atomic mass is 9.84. The number of hydrogen-bond donors (Lipinski definition) is 15. The van der Waals surface area contributed by atoms with Crippen LogP contribution >= 0.6 is 0 Å². The van der Waals surface area contributed by atoms with Crippen LogP contribution in [0.1, 0.15) is 25.7 Å². The Bertz CT molecular complexity index is 1180. The zero-order valence-corrected chi connectivity index (χ0v) is 28.6. The van der Waals surface area contributed by atoms with Gasteiger partial charge in [0, 0.05) is 31.6 Å². The normalized spacial score (nSPS) is 46.1. The molecule has 4 rings (SSSR count). The minimum atomic E-state index is -1.70. The van der Waals surface area contributed by atoms with Gasteiger partial charge in [-0.3, -0.25) is 9.79 Å². The maximum atomic E-state index is 12.9. The largest absolute Gasteiger partial charge is 0.394 e. The predicted molar refractivity (Wildman–Crippen MR) is 177 cm³/mol. The molecule has 23 nitrogen and oxygen atoms in total. The van der Waals surface area contributed by atoms with E-state index >= 15 is 0 Å². The third kappa shape index (κ3) is 9.69. The average molecular weight is 756 g/mol. The molecule has 0 unspecified atom stereocenters. The molecule has 0 radical (unpaired) electrons. The summed E-state index contributed by atoms with van der Waals surface area (Å²) in [6.07, 6.45) is -21.2. The van der Waals surface area contributed by atoms with Crippen molar-refractivity contribution < 1.29 is 69.0 Å². The fourth-order valence-electron chi connectivity index (χ4n) is 6.75. The number of hydrogen-bond acceptors (Lipinski definition) is 21. The summed E-state index contributed by atoms with van der Waals surface area (Å²) in [6.45, 7) is -0.654. The van der Waals surface area contributed by atoms with E-state index in [0.29, 0.717) is 6.42 Å². The molecule has 0 amide bonds. The van der Waals surface area contributed by atoms with Gasteiger partial charge in [-0.15, -0.1) is 0 Å². The summed E-state index contributed by atoms with van der Waals surface area (Å²) in [5.74, 6) is -0.600. The molecule has 1 aliphatic carbocycles. The molecule has 0 bridgehead atoms. The number of aliphatic hydroxyl groups excluding tert-OH is 7. The molecule has 3 aliphatic heterocycles. The van der Waals surface area contributed by atoms with Crippen molar-refractivity contribution >= 4 is 11.7 Å². The van der Waals surface area contributed by atoms with Crippen LogP contribution in [0.25, 0.3) is 0 Å². The summed E-state index contributed by atoms with van der Waals surface area (Å²) < 4.78 is 35.2. The van der Waals surface area contributed by atoms with E-state index < -0.39 is 141 Å². The van der Waals surface area contributed by atoms with Gasteiger partial charge in [0.15, 0.2) is 30.6 Å². The maximum absolute atomic E-state index is 12.9. The predicted octanol–water partition coefficient (Wildman–Crippen LogP) is -9.51. The zero-order chi connectivity index (χ0) is 38.6. The smallest absolute Gasteiger partial charge is 0.187 e. The number of ketones is 1. The molecule has 23 N–H and O–H groups in total. The van der Waals surface area contributed by atoms with Crippen molar-refractivity contribution in [1.29, 1.82) is 0 Å². The van der Waals surface area contributed by atoms with E-state index in [1.54, 1.807) is 0 Å². The number of carbonyl (C=O) groups is 1. The Morgan fingerprint density at radius 1 is 0.712 bits per heavy atom. The van der Waals surface area contributed by atoms with E-state index in [1.165, 1.54) is 0 Å². The summed E-state index contributed by atoms with van der Waals surface area (Å²) in [5, 5.41) is 74.6. The van der Waals surface area contributed by atoms with Crippen LogP contribution in [0.5, 0.6) is 0 Å². The van der Waals surface area contributed by atoms with E-state index in [-0.39, 0.29) is 31.9 Å². The molecule has 3 saturated heterocycles. The number of nitrogens with zero attached hydrogens (tertiary/aromatic N) is 1. The van der Waals surface area contributed by atoms with Gasteiger partial charge in [-0.25, -0.2) is 0 Å². The van der Waals surface area contributed by atoms with Gasteiger partial charge in [-0.05, 0) is 19.3 Å². The van der Waals surface area contributed by atoms with E-state index in [1.807, 2.05) is 0 Å². The lowest BCUT2D eigenvalue weighted by molar-refractivity contribution is -0.307. The minimum absolute atomic E-state index is 0.0514. The molecule has 52 heavy (non-hydrogen) atoms. The molecule has 0 aromatic carbocycles. The number of rotatable bonds is 15. The summed E-state index contributed by atoms with van der Waals surface area (Å²) in [6, 6.07) is -5.42. The summed E-state index contributed by atoms with van der Waals surface area (Å²) in [7, 11) is 0. The SMILES string of the molecule is NC[C@H]1O[C@H](O[C@H]2[C@H](O[C@@H]3O[C@H](CO)[C@@H](O[C@H]4O[C@@H](CC(=O)[C@@H](N)CCCN=C(N)N)[C@@H](O)[C@H](O)[C@H]4N)[C@H]3O)[C@@H](O)[C@H](N)C[C@@H]2N)[C@H](N)[C@@H](O)[C@@H]1O. The molecule has 302 valence electrons. The van der Waals surface area contributed by atoms with E-state index in [2.05, 4.69) is 4.99 Å². The molecule has 4 fully saturated rings. The van der Waals surface area contributed by atoms with Crippen LogP contribution in [0, 0.1) is 0 Å². The number of aliphatic imine (C=N–C) groups is 1. The number of ether oxygens (including phenoxy) is 6. The number of guanidine groups is 1. The van der Waals surface area contributed by atoms with Crippen molar-refractivity contribution in [3.63, 3.8) is 0 Å². The standard InChI is InChI=1S/C29H57N9O14/c30-6-13-19(43)21(45)16(35)27(48-13)50-23-10(33)4-9(32)17(41)25(23)52-28-22(46)24(14(7-39)49-28)51-26-15(34)20(44)18(42)12(47-26)5-11(40)8(31)2-1-3-38-29(36)37/h8-10,12-28,39,41-46H,1-7,30-35H2,(H4,36,37,38)/t8-,9+,10-,12-,13+,14+,15+,16+,17-,18+,19+,20+,21+,22+,23+,24+,25+,26+,27+,28-/m0/s1. The van der Waals surface area contributed by atoms with Crippen LogP contribution in [0.2, 0.25) is 0 Å². The third-order valence-corrected chi connectivity index (χ3v) is 9.92. The Balaban J connectivity index is 1.44. The van der Waals surface area contributed by atoms with Crippen LogP contribution in [0.15, 0.2) is 4.99 Å².